The van der Waals surface area contributed by atoms with Gasteiger partial charge in [0.2, 0.25) is 0 Å². The second kappa shape index (κ2) is 9.96. The molecule has 2 heterocycles. The zero-order valence-corrected chi connectivity index (χ0v) is 18.3. The molecule has 0 saturated heterocycles. The van der Waals surface area contributed by atoms with Crippen molar-refractivity contribution in [1.29, 1.82) is 5.26 Å². The molecule has 1 unspecified atom stereocenters. The Morgan fingerprint density at radius 3 is 2.66 bits per heavy atom. The number of benzene rings is 2. The molecule has 0 aliphatic carbocycles. The molecule has 4 rings (SSSR count). The van der Waals surface area contributed by atoms with Crippen molar-refractivity contribution in [1.82, 2.24) is 4.90 Å². The van der Waals surface area contributed by atoms with E-state index in [0.717, 1.165) is 35.2 Å². The van der Waals surface area contributed by atoms with Gasteiger partial charge in [-0.2, -0.15) is 5.26 Å². The third-order valence-corrected chi connectivity index (χ3v) is 6.51. The van der Waals surface area contributed by atoms with Crippen LogP contribution in [0.25, 0.3) is 0 Å². The first-order valence-corrected chi connectivity index (χ1v) is 11.3. The molecule has 0 radical (unpaired) electrons. The van der Waals surface area contributed by atoms with Crippen LogP contribution in [0.4, 0.5) is 0 Å². The van der Waals surface area contributed by atoms with Crippen molar-refractivity contribution in [2.75, 3.05) is 6.54 Å². The van der Waals surface area contributed by atoms with Crippen LogP contribution >= 0.6 is 11.3 Å². The number of rotatable bonds is 8. The van der Waals surface area contributed by atoms with Gasteiger partial charge in [0.25, 0.3) is 5.91 Å². The van der Waals surface area contributed by atoms with Crippen LogP contribution in [-0.2, 0) is 19.6 Å². The highest BCUT2D eigenvalue weighted by Crippen LogP contribution is 2.26. The summed E-state index contributed by atoms with van der Waals surface area (Å²) in [5, 5.41) is 29.4. The predicted octanol–water partition coefficient (Wildman–Crippen LogP) is 3.83. The number of aliphatic hydroxyl groups excluding tert-OH is 1. The van der Waals surface area contributed by atoms with E-state index < -0.39 is 12.2 Å². The van der Waals surface area contributed by atoms with E-state index in [1.54, 1.807) is 35.6 Å². The first-order valence-electron chi connectivity index (χ1n) is 10.5. The Morgan fingerprint density at radius 1 is 1.12 bits per heavy atom. The smallest absolute Gasteiger partial charge is 0.255 e. The van der Waals surface area contributed by atoms with Crippen molar-refractivity contribution < 1.29 is 19.7 Å². The number of hydrogen-bond acceptors (Lipinski definition) is 6. The summed E-state index contributed by atoms with van der Waals surface area (Å²) in [5.41, 5.74) is 3.62. The summed E-state index contributed by atoms with van der Waals surface area (Å²) in [6, 6.07) is 19.1. The highest BCUT2D eigenvalue weighted by atomic mass is 32.1. The number of carbonyl (C=O) groups is 1. The molecule has 1 atom stereocenters. The lowest BCUT2D eigenvalue weighted by Crippen LogP contribution is -2.36. The van der Waals surface area contributed by atoms with Crippen molar-refractivity contribution in [3.8, 4) is 11.8 Å². The molecule has 2 N–H and O–H groups in total. The second-order valence-corrected chi connectivity index (χ2v) is 8.81. The molecule has 164 valence electrons. The molecular weight excluding hydrogens is 424 g/mol. The molecule has 0 saturated carbocycles. The van der Waals surface area contributed by atoms with E-state index in [0.29, 0.717) is 18.9 Å². The van der Waals surface area contributed by atoms with E-state index in [4.69, 9.17) is 14.9 Å². The molecule has 7 heteroatoms. The number of aliphatic hydroxyl groups is 2. The highest BCUT2D eigenvalue weighted by molar-refractivity contribution is 7.10. The largest absolute Gasteiger partial charge is 0.489 e. The molecule has 1 amide bonds. The lowest BCUT2D eigenvalue weighted by molar-refractivity contribution is -0.0469. The number of thiophene rings is 1. The van der Waals surface area contributed by atoms with Crippen LogP contribution in [-0.4, -0.2) is 33.9 Å². The number of fused-ring (bicyclic) bond motifs is 1. The van der Waals surface area contributed by atoms with Gasteiger partial charge in [-0.15, -0.1) is 11.3 Å². The van der Waals surface area contributed by atoms with Gasteiger partial charge < -0.3 is 19.8 Å². The average Bonchev–Trinajstić information content (AvgIpc) is 3.28. The normalized spacial score (nSPS) is 14.2. The maximum absolute atomic E-state index is 12.7. The van der Waals surface area contributed by atoms with Crippen molar-refractivity contribution in [2.45, 2.75) is 38.2 Å². The lowest BCUT2D eigenvalue weighted by Gasteiger charge is -2.27. The van der Waals surface area contributed by atoms with Gasteiger partial charge >= 0.3 is 0 Å². The molecule has 2 aromatic carbocycles. The van der Waals surface area contributed by atoms with E-state index in [1.807, 2.05) is 34.5 Å². The van der Waals surface area contributed by atoms with Crippen molar-refractivity contribution in [2.24, 2.45) is 0 Å². The van der Waals surface area contributed by atoms with Crippen LogP contribution in [0, 0.1) is 11.3 Å². The highest BCUT2D eigenvalue weighted by Gasteiger charge is 2.25. The first-order chi connectivity index (χ1) is 15.5. The van der Waals surface area contributed by atoms with Crippen molar-refractivity contribution >= 4 is 17.2 Å². The summed E-state index contributed by atoms with van der Waals surface area (Å²) >= 11 is 1.65. The molecule has 0 bridgehead atoms. The Balaban J connectivity index is 1.35. The van der Waals surface area contributed by atoms with Crippen molar-refractivity contribution in [3.63, 3.8) is 0 Å². The lowest BCUT2D eigenvalue weighted by atomic mass is 9.97. The summed E-state index contributed by atoms with van der Waals surface area (Å²) in [6.07, 6.45) is -0.645. The van der Waals surface area contributed by atoms with E-state index in [9.17, 15) is 10.1 Å². The molecule has 1 aliphatic rings. The summed E-state index contributed by atoms with van der Waals surface area (Å²) in [6.45, 7) is 1.69. The molecule has 3 aromatic rings. The zero-order chi connectivity index (χ0) is 22.5. The van der Waals surface area contributed by atoms with Gasteiger partial charge in [0, 0.05) is 30.8 Å². The van der Waals surface area contributed by atoms with E-state index in [-0.39, 0.29) is 12.3 Å². The molecule has 1 aliphatic heterocycles. The Kier molecular flexibility index (Phi) is 6.86. The number of nitrogens with zero attached hydrogens (tertiary/aromatic N) is 2. The summed E-state index contributed by atoms with van der Waals surface area (Å²) in [4.78, 5) is 15.8. The molecule has 32 heavy (non-hydrogen) atoms. The standard InChI is InChI=1S/C25H24N2O4S/c26-14-20(13-24(28)29)19-4-6-21(7-5-19)31-16-18-3-1-2-17(12-18)15-27-10-8-23-22(25(27)30)9-11-32-23/h1-7,9,11-12,20,24,28-29H,8,10,13,15-16H2. The van der Waals surface area contributed by atoms with Gasteiger partial charge in [-0.1, -0.05) is 36.4 Å². The Labute approximate surface area is 190 Å². The number of ether oxygens (including phenoxy) is 1. The first kappa shape index (κ1) is 22.0. The van der Waals surface area contributed by atoms with Gasteiger partial charge in [0.1, 0.15) is 12.4 Å². The maximum Gasteiger partial charge on any atom is 0.255 e. The molecule has 0 fully saturated rings. The van der Waals surface area contributed by atoms with Crippen LogP contribution in [0.3, 0.4) is 0 Å². The number of nitriles is 1. The van der Waals surface area contributed by atoms with Gasteiger partial charge in [-0.3, -0.25) is 4.79 Å². The molecule has 6 nitrogen and oxygen atoms in total. The fourth-order valence-corrected chi connectivity index (χ4v) is 4.72. The number of carbonyl (C=O) groups excluding carboxylic acids is 1. The molecular formula is C25H24N2O4S. The Bertz CT molecular complexity index is 1120. The predicted molar refractivity (Wildman–Crippen MR) is 121 cm³/mol. The SMILES string of the molecule is N#CC(CC(O)O)c1ccc(OCc2cccc(CN3CCc4sccc4C3=O)c2)cc1. The number of hydrogen-bond donors (Lipinski definition) is 2. The fraction of sp³-hybridized carbons (Fsp3) is 0.280. The summed E-state index contributed by atoms with van der Waals surface area (Å²) < 4.78 is 5.88. The fourth-order valence-electron chi connectivity index (χ4n) is 3.86. The quantitative estimate of drug-likeness (QED) is 0.511. The second-order valence-electron chi connectivity index (χ2n) is 7.81. The Hall–Kier alpha value is -3.18. The summed E-state index contributed by atoms with van der Waals surface area (Å²) in [5.74, 6) is 0.179. The van der Waals surface area contributed by atoms with E-state index >= 15 is 0 Å². The maximum atomic E-state index is 12.7. The topological polar surface area (TPSA) is 93.8 Å². The molecule has 0 spiro atoms. The minimum atomic E-state index is -1.52. The van der Waals surface area contributed by atoms with Crippen LogP contribution in [0.1, 0.15) is 44.3 Å². The molecule has 1 aromatic heterocycles. The Morgan fingerprint density at radius 2 is 1.91 bits per heavy atom. The van der Waals surface area contributed by atoms with Crippen LogP contribution in [0.15, 0.2) is 60.0 Å². The average molecular weight is 449 g/mol. The van der Waals surface area contributed by atoms with E-state index in [2.05, 4.69) is 12.1 Å². The monoisotopic (exact) mass is 448 g/mol. The van der Waals surface area contributed by atoms with Gasteiger partial charge in [0.05, 0.1) is 17.6 Å². The third kappa shape index (κ3) is 5.17. The van der Waals surface area contributed by atoms with Gasteiger partial charge in [-0.25, -0.2) is 0 Å². The van der Waals surface area contributed by atoms with Crippen LogP contribution < -0.4 is 4.74 Å². The summed E-state index contributed by atoms with van der Waals surface area (Å²) in [7, 11) is 0. The van der Waals surface area contributed by atoms with Crippen molar-refractivity contribution in [3.05, 3.63) is 87.1 Å². The minimum Gasteiger partial charge on any atom is -0.489 e. The van der Waals surface area contributed by atoms with E-state index in [1.165, 1.54) is 4.88 Å². The minimum absolute atomic E-state index is 0.0310. The van der Waals surface area contributed by atoms with Crippen LogP contribution in [0.5, 0.6) is 5.75 Å². The van der Waals surface area contributed by atoms with Gasteiger partial charge in [-0.05, 0) is 40.3 Å². The van der Waals surface area contributed by atoms with Crippen LogP contribution in [0.2, 0.25) is 0 Å². The third-order valence-electron chi connectivity index (χ3n) is 5.53. The number of amides is 1. The van der Waals surface area contributed by atoms with Gasteiger partial charge in [0.15, 0.2) is 6.29 Å². The zero-order valence-electron chi connectivity index (χ0n) is 17.5.